The van der Waals surface area contributed by atoms with Crippen LogP contribution in [0.15, 0.2) is 0 Å². The molecule has 2 atom stereocenters. The minimum absolute atomic E-state index is 0.122. The Morgan fingerprint density at radius 3 is 2.45 bits per heavy atom. The second kappa shape index (κ2) is 1.99. The Balaban J connectivity index is 2.01. The van der Waals surface area contributed by atoms with E-state index in [0.717, 1.165) is 13.0 Å². The molecule has 0 unspecified atom stereocenters. The normalized spacial score (nSPS) is 46.6. The Hall–Kier alpha value is -0.0800. The molecule has 64 valence electrons. The predicted molar refractivity (Wildman–Crippen MR) is 42.3 cm³/mol. The molecule has 1 saturated heterocycles. The van der Waals surface area contributed by atoms with Crippen LogP contribution in [0.5, 0.6) is 0 Å². The summed E-state index contributed by atoms with van der Waals surface area (Å²) in [6.07, 6.45) is 2.46. The summed E-state index contributed by atoms with van der Waals surface area (Å²) >= 11 is 0. The molecule has 0 aromatic heterocycles. The van der Waals surface area contributed by atoms with E-state index in [9.17, 15) is 0 Å². The molecule has 11 heavy (non-hydrogen) atoms. The maximum atomic E-state index is 8.87. The first-order chi connectivity index (χ1) is 5.10. The molecule has 0 aromatic carbocycles. The lowest BCUT2D eigenvalue weighted by Gasteiger charge is -2.09. The summed E-state index contributed by atoms with van der Waals surface area (Å²) in [6.45, 7) is 5.63. The summed E-state index contributed by atoms with van der Waals surface area (Å²) in [7, 11) is 0. The molecule has 0 amide bonds. The van der Waals surface area contributed by atoms with Crippen molar-refractivity contribution in [2.24, 2.45) is 10.8 Å². The Labute approximate surface area is 67.6 Å². The fourth-order valence-corrected chi connectivity index (χ4v) is 2.34. The third-order valence-corrected chi connectivity index (χ3v) is 3.51. The van der Waals surface area contributed by atoms with Crippen molar-refractivity contribution >= 4 is 0 Å². The van der Waals surface area contributed by atoms with E-state index < -0.39 is 0 Å². The standard InChI is InChI=1S/C9H16O2/c1-8(2)5-9(8)3-7(4-10)11-6-9/h7,10H,3-6H2,1-2H3/t7-,9-/m1/s1. The minimum atomic E-state index is 0.122. The van der Waals surface area contributed by atoms with Gasteiger partial charge in [0.1, 0.15) is 0 Å². The molecular weight excluding hydrogens is 140 g/mol. The Morgan fingerprint density at radius 1 is 1.55 bits per heavy atom. The van der Waals surface area contributed by atoms with E-state index in [0.29, 0.717) is 10.8 Å². The van der Waals surface area contributed by atoms with Gasteiger partial charge in [0.2, 0.25) is 0 Å². The molecule has 1 saturated carbocycles. The lowest BCUT2D eigenvalue weighted by molar-refractivity contribution is 0.0557. The smallest absolute Gasteiger partial charge is 0.0812 e. The van der Waals surface area contributed by atoms with Crippen LogP contribution >= 0.6 is 0 Å². The summed E-state index contributed by atoms with van der Waals surface area (Å²) in [4.78, 5) is 0. The number of ether oxygens (including phenoxy) is 1. The topological polar surface area (TPSA) is 29.5 Å². The molecule has 1 aliphatic heterocycles. The van der Waals surface area contributed by atoms with E-state index >= 15 is 0 Å². The molecule has 1 heterocycles. The van der Waals surface area contributed by atoms with Crippen LogP contribution in [0.3, 0.4) is 0 Å². The molecule has 1 spiro atoms. The highest BCUT2D eigenvalue weighted by atomic mass is 16.5. The molecule has 2 fully saturated rings. The van der Waals surface area contributed by atoms with E-state index in [1.165, 1.54) is 6.42 Å². The first kappa shape index (κ1) is 7.56. The number of hydrogen-bond donors (Lipinski definition) is 1. The Bertz CT molecular complexity index is 176. The third kappa shape index (κ3) is 0.926. The van der Waals surface area contributed by atoms with Gasteiger partial charge in [-0.3, -0.25) is 0 Å². The fraction of sp³-hybridized carbons (Fsp3) is 1.00. The summed E-state index contributed by atoms with van der Waals surface area (Å²) in [5, 5.41) is 8.87. The largest absolute Gasteiger partial charge is 0.394 e. The molecule has 2 heteroatoms. The lowest BCUT2D eigenvalue weighted by atomic mass is 9.93. The van der Waals surface area contributed by atoms with Crippen molar-refractivity contribution in [1.82, 2.24) is 0 Å². The maximum absolute atomic E-state index is 8.87. The van der Waals surface area contributed by atoms with E-state index in [1.807, 2.05) is 0 Å². The summed E-state index contributed by atoms with van der Waals surface area (Å²) in [6, 6.07) is 0. The van der Waals surface area contributed by atoms with Crippen LogP contribution in [0.1, 0.15) is 26.7 Å². The Kier molecular flexibility index (Phi) is 1.37. The van der Waals surface area contributed by atoms with Crippen molar-refractivity contribution in [3.8, 4) is 0 Å². The van der Waals surface area contributed by atoms with E-state index in [2.05, 4.69) is 13.8 Å². The van der Waals surface area contributed by atoms with Gasteiger partial charge in [0.15, 0.2) is 0 Å². The third-order valence-electron chi connectivity index (χ3n) is 3.51. The van der Waals surface area contributed by atoms with E-state index in [4.69, 9.17) is 9.84 Å². The zero-order chi connectivity index (χ0) is 8.11. The van der Waals surface area contributed by atoms with Gasteiger partial charge in [0.25, 0.3) is 0 Å². The summed E-state index contributed by atoms with van der Waals surface area (Å²) in [5.74, 6) is 0. The average molecular weight is 156 g/mol. The van der Waals surface area contributed by atoms with Crippen molar-refractivity contribution in [2.75, 3.05) is 13.2 Å². The van der Waals surface area contributed by atoms with E-state index in [-0.39, 0.29) is 12.7 Å². The molecule has 0 radical (unpaired) electrons. The second-order valence-corrected chi connectivity index (χ2v) is 4.66. The van der Waals surface area contributed by atoms with Gasteiger partial charge in [-0.1, -0.05) is 13.8 Å². The van der Waals surface area contributed by atoms with Gasteiger partial charge in [0, 0.05) is 5.41 Å². The van der Waals surface area contributed by atoms with Gasteiger partial charge >= 0.3 is 0 Å². The number of hydrogen-bond acceptors (Lipinski definition) is 2. The molecule has 0 bridgehead atoms. The van der Waals surface area contributed by atoms with Crippen molar-refractivity contribution in [3.63, 3.8) is 0 Å². The van der Waals surface area contributed by atoms with Crippen LogP contribution in [0.2, 0.25) is 0 Å². The monoisotopic (exact) mass is 156 g/mol. The van der Waals surface area contributed by atoms with Gasteiger partial charge in [-0.15, -0.1) is 0 Å². The zero-order valence-electron chi connectivity index (χ0n) is 7.26. The van der Waals surface area contributed by atoms with Crippen LogP contribution in [0.4, 0.5) is 0 Å². The van der Waals surface area contributed by atoms with Gasteiger partial charge in [0.05, 0.1) is 19.3 Å². The molecule has 2 rings (SSSR count). The molecule has 1 aliphatic carbocycles. The highest BCUT2D eigenvalue weighted by Crippen LogP contribution is 2.68. The molecule has 1 N–H and O–H groups in total. The number of rotatable bonds is 1. The summed E-state index contributed by atoms with van der Waals surface area (Å²) in [5.41, 5.74) is 0.900. The first-order valence-electron chi connectivity index (χ1n) is 4.32. The lowest BCUT2D eigenvalue weighted by Crippen LogP contribution is -2.11. The van der Waals surface area contributed by atoms with Crippen molar-refractivity contribution in [3.05, 3.63) is 0 Å². The minimum Gasteiger partial charge on any atom is -0.394 e. The number of aliphatic hydroxyl groups is 1. The van der Waals surface area contributed by atoms with Crippen LogP contribution in [0.25, 0.3) is 0 Å². The highest BCUT2D eigenvalue weighted by molar-refractivity contribution is 5.12. The number of aliphatic hydroxyl groups excluding tert-OH is 1. The van der Waals surface area contributed by atoms with Crippen LogP contribution in [0, 0.1) is 10.8 Å². The molecular formula is C9H16O2. The predicted octanol–water partition coefficient (Wildman–Crippen LogP) is 1.18. The Morgan fingerprint density at radius 2 is 2.18 bits per heavy atom. The first-order valence-corrected chi connectivity index (χ1v) is 4.32. The van der Waals surface area contributed by atoms with Crippen LogP contribution in [-0.4, -0.2) is 24.4 Å². The zero-order valence-corrected chi connectivity index (χ0v) is 7.26. The van der Waals surface area contributed by atoms with E-state index in [1.54, 1.807) is 0 Å². The van der Waals surface area contributed by atoms with Gasteiger partial charge < -0.3 is 9.84 Å². The highest BCUT2D eigenvalue weighted by Gasteiger charge is 2.64. The quantitative estimate of drug-likeness (QED) is 0.618. The fourth-order valence-electron chi connectivity index (χ4n) is 2.34. The van der Waals surface area contributed by atoms with Gasteiger partial charge in [-0.05, 0) is 18.3 Å². The van der Waals surface area contributed by atoms with Crippen molar-refractivity contribution in [1.29, 1.82) is 0 Å². The van der Waals surface area contributed by atoms with Crippen LogP contribution < -0.4 is 0 Å². The van der Waals surface area contributed by atoms with Crippen molar-refractivity contribution in [2.45, 2.75) is 32.8 Å². The molecule has 0 aromatic rings. The second-order valence-electron chi connectivity index (χ2n) is 4.66. The van der Waals surface area contributed by atoms with Gasteiger partial charge in [-0.2, -0.15) is 0 Å². The molecule has 2 nitrogen and oxygen atoms in total. The van der Waals surface area contributed by atoms with Gasteiger partial charge in [-0.25, -0.2) is 0 Å². The average Bonchev–Trinajstić information content (AvgIpc) is 2.35. The molecule has 2 aliphatic rings. The SMILES string of the molecule is CC1(C)C[C@]12CO[C@@H](CO)C2. The summed E-state index contributed by atoms with van der Waals surface area (Å²) < 4.78 is 5.47. The van der Waals surface area contributed by atoms with Crippen LogP contribution in [-0.2, 0) is 4.74 Å². The maximum Gasteiger partial charge on any atom is 0.0812 e. The van der Waals surface area contributed by atoms with Crippen molar-refractivity contribution < 1.29 is 9.84 Å².